The molecule has 0 atom stereocenters. The monoisotopic (exact) mass is 458 g/mol. The summed E-state index contributed by atoms with van der Waals surface area (Å²) in [5.41, 5.74) is 0.669. The second-order valence-electron chi connectivity index (χ2n) is 6.10. The van der Waals surface area contributed by atoms with Crippen molar-refractivity contribution in [1.82, 2.24) is 0 Å². The van der Waals surface area contributed by atoms with Gasteiger partial charge in [-0.15, -0.1) is 0 Å². The van der Waals surface area contributed by atoms with Gasteiger partial charge in [-0.2, -0.15) is 0 Å². The number of benzene rings is 3. The van der Waals surface area contributed by atoms with Gasteiger partial charge in [-0.1, -0.05) is 46.3 Å². The quantitative estimate of drug-likeness (QED) is 0.381. The number of carbonyl (C=O) groups excluding carboxylic acids is 1. The Kier molecular flexibility index (Phi) is 6.56. The molecule has 0 saturated carbocycles. The smallest absolute Gasteiger partial charge is 0.271 e. The number of halogens is 2. The normalized spacial score (nSPS) is 10.4. The lowest BCUT2D eigenvalue weighted by Crippen LogP contribution is -2.15. The molecule has 8 heteroatoms. The number of rotatable bonds is 7. The van der Waals surface area contributed by atoms with Crippen molar-refractivity contribution < 1.29 is 18.8 Å². The molecular formula is C21H16BrFN2O4. The summed E-state index contributed by atoms with van der Waals surface area (Å²) in [6, 6.07) is 17.6. The van der Waals surface area contributed by atoms with E-state index in [1.807, 2.05) is 30.3 Å². The predicted molar refractivity (Wildman–Crippen MR) is 111 cm³/mol. The number of amides is 1. The van der Waals surface area contributed by atoms with Crippen molar-refractivity contribution >= 4 is 33.2 Å². The summed E-state index contributed by atoms with van der Waals surface area (Å²) in [5.74, 6) is -1.08. The number of nitro benzene ring substituents is 1. The maximum Gasteiger partial charge on any atom is 0.271 e. The molecule has 0 spiro atoms. The minimum atomic E-state index is -0.773. The Labute approximate surface area is 174 Å². The van der Waals surface area contributed by atoms with E-state index in [4.69, 9.17) is 4.74 Å². The first kappa shape index (κ1) is 20.5. The van der Waals surface area contributed by atoms with E-state index in [0.717, 1.165) is 23.8 Å². The fourth-order valence-corrected chi connectivity index (χ4v) is 3.00. The number of nitrogens with zero attached hydrogens (tertiary/aromatic N) is 1. The molecule has 148 valence electrons. The van der Waals surface area contributed by atoms with Crippen LogP contribution in [0.1, 0.15) is 15.9 Å². The van der Waals surface area contributed by atoms with E-state index in [1.165, 1.54) is 0 Å². The molecule has 0 aliphatic heterocycles. The number of nitrogens with one attached hydrogen (secondary N) is 1. The maximum absolute atomic E-state index is 14.0. The summed E-state index contributed by atoms with van der Waals surface area (Å²) < 4.78 is 20.4. The largest absolute Gasteiger partial charge is 0.492 e. The Morgan fingerprint density at radius 2 is 1.86 bits per heavy atom. The zero-order chi connectivity index (χ0) is 20.8. The zero-order valence-corrected chi connectivity index (χ0v) is 16.7. The maximum atomic E-state index is 14.0. The van der Waals surface area contributed by atoms with Gasteiger partial charge in [0.2, 0.25) is 0 Å². The molecule has 1 amide bonds. The van der Waals surface area contributed by atoms with Crippen molar-refractivity contribution in [3.63, 3.8) is 0 Å². The molecule has 3 rings (SSSR count). The fraction of sp³-hybridized carbons (Fsp3) is 0.0952. The van der Waals surface area contributed by atoms with E-state index < -0.39 is 16.6 Å². The molecule has 0 radical (unpaired) electrons. The molecule has 0 aliphatic rings. The number of hydrogen-bond acceptors (Lipinski definition) is 4. The van der Waals surface area contributed by atoms with Gasteiger partial charge < -0.3 is 10.1 Å². The molecule has 0 saturated heterocycles. The van der Waals surface area contributed by atoms with Gasteiger partial charge in [0.25, 0.3) is 11.6 Å². The number of anilines is 1. The highest BCUT2D eigenvalue weighted by molar-refractivity contribution is 9.10. The molecule has 3 aromatic rings. The molecule has 0 aromatic heterocycles. The van der Waals surface area contributed by atoms with Gasteiger partial charge in [-0.25, -0.2) is 4.39 Å². The second kappa shape index (κ2) is 9.29. The Bertz CT molecular complexity index is 1040. The second-order valence-corrected chi connectivity index (χ2v) is 7.02. The van der Waals surface area contributed by atoms with Crippen LogP contribution in [-0.4, -0.2) is 17.4 Å². The van der Waals surface area contributed by atoms with Gasteiger partial charge in [0.1, 0.15) is 11.6 Å². The molecule has 0 bridgehead atoms. The van der Waals surface area contributed by atoms with E-state index >= 15 is 0 Å². The Morgan fingerprint density at radius 3 is 2.59 bits per heavy atom. The standard InChI is InChI=1S/C21H16BrFN2O4/c22-15-6-9-20(29-11-10-14-4-2-1-3-5-14)17(12-15)21(26)24-19-13-16(25(27)28)7-8-18(19)23/h1-9,12-13H,10-11H2,(H,24,26). The average molecular weight is 459 g/mol. The van der Waals surface area contributed by atoms with Crippen molar-refractivity contribution in [2.24, 2.45) is 0 Å². The van der Waals surface area contributed by atoms with Gasteiger partial charge >= 0.3 is 0 Å². The zero-order valence-electron chi connectivity index (χ0n) is 15.1. The van der Waals surface area contributed by atoms with E-state index in [9.17, 15) is 19.3 Å². The van der Waals surface area contributed by atoms with Crippen LogP contribution >= 0.6 is 15.9 Å². The van der Waals surface area contributed by atoms with Crippen LogP contribution < -0.4 is 10.1 Å². The molecule has 0 aliphatic carbocycles. The highest BCUT2D eigenvalue weighted by Crippen LogP contribution is 2.26. The summed E-state index contributed by atoms with van der Waals surface area (Å²) in [6.45, 7) is 0.344. The first-order valence-corrected chi connectivity index (χ1v) is 9.45. The third kappa shape index (κ3) is 5.39. The number of carbonyl (C=O) groups is 1. The minimum absolute atomic E-state index is 0.179. The SMILES string of the molecule is O=C(Nc1cc([N+](=O)[O-])ccc1F)c1cc(Br)ccc1OCCc1ccccc1. The Hall–Kier alpha value is -3.26. The van der Waals surface area contributed by atoms with Crippen molar-refractivity contribution in [3.05, 3.63) is 98.3 Å². The molecule has 0 heterocycles. The van der Waals surface area contributed by atoms with Crippen LogP contribution in [0.2, 0.25) is 0 Å². The highest BCUT2D eigenvalue weighted by Gasteiger charge is 2.17. The van der Waals surface area contributed by atoms with Crippen LogP contribution in [0.4, 0.5) is 15.8 Å². The van der Waals surface area contributed by atoms with Crippen molar-refractivity contribution in [3.8, 4) is 5.75 Å². The molecule has 1 N–H and O–H groups in total. The summed E-state index contributed by atoms with van der Waals surface area (Å²) in [6.07, 6.45) is 0.650. The van der Waals surface area contributed by atoms with Crippen molar-refractivity contribution in [2.75, 3.05) is 11.9 Å². The fourth-order valence-electron chi connectivity index (χ4n) is 2.64. The molecule has 0 unspecified atom stereocenters. The molecular weight excluding hydrogens is 443 g/mol. The third-order valence-corrected chi connectivity index (χ3v) is 4.58. The lowest BCUT2D eigenvalue weighted by molar-refractivity contribution is -0.384. The number of hydrogen-bond donors (Lipinski definition) is 1. The van der Waals surface area contributed by atoms with Crippen LogP contribution in [0.5, 0.6) is 5.75 Å². The lowest BCUT2D eigenvalue weighted by atomic mass is 10.1. The van der Waals surface area contributed by atoms with Gasteiger partial charge in [0.05, 0.1) is 22.8 Å². The van der Waals surface area contributed by atoms with E-state index in [1.54, 1.807) is 18.2 Å². The van der Waals surface area contributed by atoms with Crippen LogP contribution in [0.3, 0.4) is 0 Å². The minimum Gasteiger partial charge on any atom is -0.492 e. The molecule has 3 aromatic carbocycles. The highest BCUT2D eigenvalue weighted by atomic mass is 79.9. The Balaban J connectivity index is 1.77. The van der Waals surface area contributed by atoms with Gasteiger partial charge in [-0.05, 0) is 29.8 Å². The number of non-ortho nitro benzene ring substituents is 1. The van der Waals surface area contributed by atoms with Crippen molar-refractivity contribution in [2.45, 2.75) is 6.42 Å². The Morgan fingerprint density at radius 1 is 1.10 bits per heavy atom. The summed E-state index contributed by atoms with van der Waals surface area (Å²) in [4.78, 5) is 22.9. The molecule has 6 nitrogen and oxygen atoms in total. The van der Waals surface area contributed by atoms with E-state index in [-0.39, 0.29) is 16.9 Å². The summed E-state index contributed by atoms with van der Waals surface area (Å²) >= 11 is 3.30. The van der Waals surface area contributed by atoms with Crippen LogP contribution in [-0.2, 0) is 6.42 Å². The topological polar surface area (TPSA) is 81.5 Å². The average Bonchev–Trinajstić information content (AvgIpc) is 2.71. The number of ether oxygens (including phenoxy) is 1. The molecule has 0 fully saturated rings. The lowest BCUT2D eigenvalue weighted by Gasteiger charge is -2.13. The van der Waals surface area contributed by atoms with Gasteiger partial charge in [0, 0.05) is 23.0 Å². The first-order valence-electron chi connectivity index (χ1n) is 8.65. The predicted octanol–water partition coefficient (Wildman–Crippen LogP) is 5.37. The van der Waals surface area contributed by atoms with Crippen molar-refractivity contribution in [1.29, 1.82) is 0 Å². The third-order valence-electron chi connectivity index (χ3n) is 4.09. The molecule has 29 heavy (non-hydrogen) atoms. The number of nitro groups is 1. The van der Waals surface area contributed by atoms with Crippen LogP contribution in [0.15, 0.2) is 71.2 Å². The van der Waals surface area contributed by atoms with Crippen LogP contribution in [0, 0.1) is 15.9 Å². The first-order chi connectivity index (χ1) is 13.9. The van der Waals surface area contributed by atoms with E-state index in [2.05, 4.69) is 21.2 Å². The summed E-state index contributed by atoms with van der Waals surface area (Å²) in [5, 5.41) is 13.3. The van der Waals surface area contributed by atoms with Crippen LogP contribution in [0.25, 0.3) is 0 Å². The summed E-state index contributed by atoms with van der Waals surface area (Å²) in [7, 11) is 0. The van der Waals surface area contributed by atoms with E-state index in [0.29, 0.717) is 23.2 Å². The van der Waals surface area contributed by atoms with Gasteiger partial charge in [0.15, 0.2) is 0 Å². The van der Waals surface area contributed by atoms with Gasteiger partial charge in [-0.3, -0.25) is 14.9 Å².